The van der Waals surface area contributed by atoms with E-state index in [1.807, 2.05) is 21.1 Å². The van der Waals surface area contributed by atoms with Crippen LogP contribution in [0.3, 0.4) is 0 Å². The number of likely N-dealkylation sites (N-methyl/N-ethyl adjacent to an activating group) is 1. The van der Waals surface area contributed by atoms with Gasteiger partial charge in [-0.15, -0.1) is 0 Å². The molecule has 0 radical (unpaired) electrons. The Labute approximate surface area is 514 Å². The summed E-state index contributed by atoms with van der Waals surface area (Å²) in [4.78, 5) is 38.0. The monoisotopic (exact) mass is 1180 g/mol. The Morgan fingerprint density at radius 2 is 0.643 bits per heavy atom. The second-order valence-corrected chi connectivity index (χ2v) is 23.4. The largest absolute Gasteiger partial charge is 0.756 e. The van der Waals surface area contributed by atoms with E-state index in [-0.39, 0.29) is 26.1 Å². The number of ether oxygens (including phenoxy) is 2. The van der Waals surface area contributed by atoms with E-state index >= 15 is 0 Å². The van der Waals surface area contributed by atoms with Crippen molar-refractivity contribution < 1.29 is 42.1 Å². The highest BCUT2D eigenvalue weighted by atomic mass is 31.2. The fourth-order valence-corrected chi connectivity index (χ4v) is 8.73. The second kappa shape index (κ2) is 62.6. The van der Waals surface area contributed by atoms with E-state index in [1.165, 1.54) is 44.9 Å². The normalized spacial score (nSPS) is 14.4. The molecule has 2 atom stereocenters. The summed E-state index contributed by atoms with van der Waals surface area (Å²) in [7, 11) is 1.11. The average Bonchev–Trinajstić information content (AvgIpc) is 3.61. The van der Waals surface area contributed by atoms with Gasteiger partial charge in [0.2, 0.25) is 0 Å². The Hall–Kier alpha value is -4.89. The predicted octanol–water partition coefficient (Wildman–Crippen LogP) is 20.5. The zero-order valence-electron chi connectivity index (χ0n) is 53.5. The molecule has 84 heavy (non-hydrogen) atoms. The Bertz CT molecular complexity index is 2070. The molecule has 0 saturated carbocycles. The van der Waals surface area contributed by atoms with Crippen LogP contribution in [0.5, 0.6) is 0 Å². The SMILES string of the molecule is CC/C=C\C/C=C\C/C=C\C/C=C\C/C=C\C/C=C\C/C=C\C/C=C\C/C=C\C/C=C\CCCCC(=O)OC(COC(=O)CCCCCCCCCCCCC/C=C\C/C=C\C/C=C\C/C=C\C/C=C\CC)COP(=O)([O-])OCC[N+](C)(C)C. The summed E-state index contributed by atoms with van der Waals surface area (Å²) < 4.78 is 34.2. The molecule has 0 aromatic heterocycles. The number of carbonyl (C=O) groups excluding carboxylic acids is 2. The van der Waals surface area contributed by atoms with E-state index in [0.29, 0.717) is 23.9 Å². The van der Waals surface area contributed by atoms with E-state index in [2.05, 4.69) is 196 Å². The molecule has 0 fully saturated rings. The van der Waals surface area contributed by atoms with E-state index in [9.17, 15) is 19.0 Å². The van der Waals surface area contributed by atoms with Gasteiger partial charge < -0.3 is 27.9 Å². The Morgan fingerprint density at radius 3 is 0.976 bits per heavy atom. The van der Waals surface area contributed by atoms with Gasteiger partial charge in [-0.2, -0.15) is 0 Å². The molecule has 2 unspecified atom stereocenters. The molecule has 0 rings (SSSR count). The zero-order valence-corrected chi connectivity index (χ0v) is 54.4. The van der Waals surface area contributed by atoms with Crippen molar-refractivity contribution in [3.05, 3.63) is 182 Å². The third kappa shape index (κ3) is 66.3. The van der Waals surface area contributed by atoms with Crippen LogP contribution in [0, 0.1) is 0 Å². The van der Waals surface area contributed by atoms with Crippen LogP contribution in [-0.4, -0.2) is 70.0 Å². The molecule has 0 aromatic rings. The Morgan fingerprint density at radius 1 is 0.369 bits per heavy atom. The lowest BCUT2D eigenvalue weighted by Gasteiger charge is -2.28. The molecule has 9 nitrogen and oxygen atoms in total. The van der Waals surface area contributed by atoms with Gasteiger partial charge >= 0.3 is 11.9 Å². The first-order valence-corrected chi connectivity index (χ1v) is 34.0. The molecule has 0 aliphatic rings. The van der Waals surface area contributed by atoms with Gasteiger partial charge in [0.25, 0.3) is 7.82 Å². The number of unbranched alkanes of at least 4 members (excludes halogenated alkanes) is 13. The number of allylic oxidation sites excluding steroid dienone is 30. The topological polar surface area (TPSA) is 111 Å². The minimum atomic E-state index is -4.67. The number of phosphoric acid groups is 1. The third-order valence-electron chi connectivity index (χ3n) is 12.9. The van der Waals surface area contributed by atoms with Crippen molar-refractivity contribution in [3.63, 3.8) is 0 Å². The third-order valence-corrected chi connectivity index (χ3v) is 13.9. The number of hydrogen-bond donors (Lipinski definition) is 0. The highest BCUT2D eigenvalue weighted by Gasteiger charge is 2.21. The van der Waals surface area contributed by atoms with Gasteiger partial charge in [-0.3, -0.25) is 14.2 Å². The van der Waals surface area contributed by atoms with Crippen molar-refractivity contribution in [1.82, 2.24) is 0 Å². The first-order chi connectivity index (χ1) is 41.0. The smallest absolute Gasteiger partial charge is 0.306 e. The second-order valence-electron chi connectivity index (χ2n) is 22.0. The highest BCUT2D eigenvalue weighted by Crippen LogP contribution is 2.38. The predicted molar refractivity (Wildman–Crippen MR) is 359 cm³/mol. The summed E-state index contributed by atoms with van der Waals surface area (Å²) in [5, 5.41) is 0. The van der Waals surface area contributed by atoms with Crippen molar-refractivity contribution in [1.29, 1.82) is 0 Å². The fraction of sp³-hybridized carbons (Fsp3) is 0.568. The zero-order chi connectivity index (χ0) is 61.2. The van der Waals surface area contributed by atoms with Crippen LogP contribution in [0.2, 0.25) is 0 Å². The summed E-state index contributed by atoms with van der Waals surface area (Å²) >= 11 is 0. The number of carbonyl (C=O) groups is 2. The minimum absolute atomic E-state index is 0.0506. The lowest BCUT2D eigenvalue weighted by molar-refractivity contribution is -0.870. The van der Waals surface area contributed by atoms with Crippen LogP contribution < -0.4 is 4.89 Å². The first-order valence-electron chi connectivity index (χ1n) is 32.5. The summed E-state index contributed by atoms with van der Waals surface area (Å²) in [6, 6.07) is 0. The van der Waals surface area contributed by atoms with Crippen LogP contribution in [-0.2, 0) is 32.7 Å². The molecule has 0 aliphatic carbocycles. The molecule has 0 amide bonds. The van der Waals surface area contributed by atoms with Crippen molar-refractivity contribution in [2.24, 2.45) is 0 Å². The molecule has 0 aromatic carbocycles. The molecule has 0 aliphatic heterocycles. The van der Waals surface area contributed by atoms with Crippen LogP contribution in [0.25, 0.3) is 0 Å². The van der Waals surface area contributed by atoms with Crippen LogP contribution in [0.1, 0.15) is 219 Å². The number of hydrogen-bond acceptors (Lipinski definition) is 8. The molecule has 10 heteroatoms. The number of phosphoric ester groups is 1. The molecular weight excluding hydrogens is 1060 g/mol. The van der Waals surface area contributed by atoms with Gasteiger partial charge in [-0.25, -0.2) is 0 Å². The summed E-state index contributed by atoms with van der Waals surface area (Å²) in [6.45, 7) is 3.93. The molecule has 0 N–H and O–H groups in total. The molecule has 0 saturated heterocycles. The van der Waals surface area contributed by atoms with Crippen LogP contribution >= 0.6 is 7.82 Å². The van der Waals surface area contributed by atoms with E-state index < -0.39 is 32.5 Å². The highest BCUT2D eigenvalue weighted by molar-refractivity contribution is 7.45. The van der Waals surface area contributed by atoms with E-state index in [4.69, 9.17) is 18.5 Å². The number of rotatable bonds is 57. The maximum Gasteiger partial charge on any atom is 0.306 e. The fourth-order valence-electron chi connectivity index (χ4n) is 8.00. The standard InChI is InChI=1S/C74H118NO8P/c1-6-8-10-12-14-16-18-20-22-24-26-28-30-32-34-35-36-37-38-39-41-43-45-47-49-51-53-55-57-59-61-63-65-67-74(77)83-72(71-82-84(78,79)81-69-68-75(3,4)5)70-80-73(76)66-64-62-60-58-56-54-52-50-48-46-44-42-40-33-31-29-27-25-23-21-19-17-15-13-11-9-7-2/h8-11,14-17,20-23,26-29,32-34,36-37,39-41,45,47,51,53,57,59,72H,6-7,12-13,18-19,24-25,30-31,35,38,42-44,46,48-50,52,54-56,58,60-71H2,1-5H3/b10-8-,11-9-,16-14-,17-15-,22-20-,23-21-,28-26-,29-27-,34-32-,37-36-,40-33-,41-39-,47-45-,53-51-,59-57-. The molecule has 0 heterocycles. The van der Waals surface area contributed by atoms with Gasteiger partial charge in [0, 0.05) is 12.8 Å². The van der Waals surface area contributed by atoms with Crippen LogP contribution in [0.4, 0.5) is 0 Å². The first kappa shape index (κ1) is 79.1. The number of nitrogens with zero attached hydrogens (tertiary/aromatic N) is 1. The van der Waals surface area contributed by atoms with Gasteiger partial charge in [-0.05, 0) is 135 Å². The lowest BCUT2D eigenvalue weighted by atomic mass is 10.0. The van der Waals surface area contributed by atoms with Gasteiger partial charge in [0.1, 0.15) is 19.8 Å². The van der Waals surface area contributed by atoms with E-state index in [1.54, 1.807) is 0 Å². The maximum absolute atomic E-state index is 12.8. The average molecular weight is 1180 g/mol. The number of quaternary nitrogens is 1. The molecular formula is C74H118NO8P. The lowest BCUT2D eigenvalue weighted by Crippen LogP contribution is -2.37. The van der Waals surface area contributed by atoms with Crippen LogP contribution in [0.15, 0.2) is 182 Å². The Kier molecular flexibility index (Phi) is 59.0. The van der Waals surface area contributed by atoms with E-state index in [0.717, 1.165) is 135 Å². The van der Waals surface area contributed by atoms with Gasteiger partial charge in [0.05, 0.1) is 27.7 Å². The molecule has 472 valence electrons. The quantitative estimate of drug-likeness (QED) is 0.0195. The summed E-state index contributed by atoms with van der Waals surface area (Å²) in [5.41, 5.74) is 0. The summed E-state index contributed by atoms with van der Waals surface area (Å²) in [6.07, 6.45) is 96.7. The van der Waals surface area contributed by atoms with Crippen molar-refractivity contribution >= 4 is 19.8 Å². The summed E-state index contributed by atoms with van der Waals surface area (Å²) in [5.74, 6) is -0.902. The van der Waals surface area contributed by atoms with Crippen molar-refractivity contribution in [2.45, 2.75) is 225 Å². The maximum atomic E-state index is 12.8. The Balaban J connectivity index is 4.27. The molecule has 0 bridgehead atoms. The molecule has 0 spiro atoms. The van der Waals surface area contributed by atoms with Gasteiger partial charge in [0.15, 0.2) is 6.10 Å². The minimum Gasteiger partial charge on any atom is -0.756 e. The number of esters is 2. The van der Waals surface area contributed by atoms with Crippen molar-refractivity contribution in [2.75, 3.05) is 47.5 Å². The van der Waals surface area contributed by atoms with Gasteiger partial charge in [-0.1, -0.05) is 254 Å². The van der Waals surface area contributed by atoms with Crippen molar-refractivity contribution in [3.8, 4) is 0 Å².